The molecule has 1 aromatic rings. The Morgan fingerprint density at radius 3 is 2.35 bits per heavy atom. The molecule has 0 spiro atoms. The van der Waals surface area contributed by atoms with Gasteiger partial charge in [0.2, 0.25) is 10.0 Å². The van der Waals surface area contributed by atoms with Crippen LogP contribution in [0.1, 0.15) is 29.8 Å². The van der Waals surface area contributed by atoms with E-state index >= 15 is 0 Å². The Kier molecular flexibility index (Phi) is 4.46. The fraction of sp³-hybridized carbons (Fsp3) is 0.364. The predicted molar refractivity (Wildman–Crippen MR) is 71.8 cm³/mol. The molecule has 8 nitrogen and oxygen atoms in total. The largest absolute Gasteiger partial charge is 0.350 e. The molecule has 0 saturated carbocycles. The number of nitrogens with two attached hydrogens (primary N) is 1. The van der Waals surface area contributed by atoms with Crippen molar-refractivity contribution in [3.63, 3.8) is 0 Å². The number of rotatable bonds is 4. The van der Waals surface area contributed by atoms with Gasteiger partial charge >= 0.3 is 0 Å². The summed E-state index contributed by atoms with van der Waals surface area (Å²) in [4.78, 5) is 21.6. The first-order valence-electron chi connectivity index (χ1n) is 5.66. The molecule has 110 valence electrons. The van der Waals surface area contributed by atoms with Crippen molar-refractivity contribution in [2.24, 2.45) is 5.14 Å². The monoisotopic (exact) mass is 301 g/mol. The number of hydrogen-bond acceptors (Lipinski definition) is 5. The molecule has 20 heavy (non-hydrogen) atoms. The third kappa shape index (κ3) is 3.52. The van der Waals surface area contributed by atoms with Gasteiger partial charge in [0.05, 0.1) is 15.4 Å². The zero-order chi connectivity index (χ0) is 15.7. The fourth-order valence-electron chi connectivity index (χ4n) is 1.65. The summed E-state index contributed by atoms with van der Waals surface area (Å²) in [5, 5.41) is 18.4. The van der Waals surface area contributed by atoms with Crippen molar-refractivity contribution in [2.75, 3.05) is 0 Å². The van der Waals surface area contributed by atoms with Gasteiger partial charge in [0.25, 0.3) is 11.6 Å². The van der Waals surface area contributed by atoms with Crippen LogP contribution in [0.3, 0.4) is 0 Å². The molecular formula is C11H15N3O5S. The van der Waals surface area contributed by atoms with Gasteiger partial charge in [-0.1, -0.05) is 0 Å². The zero-order valence-electron chi connectivity index (χ0n) is 11.2. The van der Waals surface area contributed by atoms with Gasteiger partial charge in [-0.25, -0.2) is 13.6 Å². The lowest BCUT2D eigenvalue weighted by Gasteiger charge is -2.12. The SMILES string of the molecule is Cc1c(C(=O)NC(C)C)cc([N+](=O)[O-])cc1S(N)(=O)=O. The molecule has 0 aliphatic heterocycles. The second kappa shape index (κ2) is 5.55. The van der Waals surface area contributed by atoms with Crippen LogP contribution < -0.4 is 10.5 Å². The van der Waals surface area contributed by atoms with Crippen LogP contribution in [-0.2, 0) is 10.0 Å². The Hall–Kier alpha value is -2.00. The summed E-state index contributed by atoms with van der Waals surface area (Å²) in [6.45, 7) is 4.80. The number of carbonyl (C=O) groups excluding carboxylic acids is 1. The summed E-state index contributed by atoms with van der Waals surface area (Å²) in [6, 6.07) is 1.68. The smallest absolute Gasteiger partial charge is 0.271 e. The molecule has 9 heteroatoms. The molecular weight excluding hydrogens is 286 g/mol. The van der Waals surface area contributed by atoms with Gasteiger partial charge in [-0.15, -0.1) is 0 Å². The van der Waals surface area contributed by atoms with Crippen molar-refractivity contribution >= 4 is 21.6 Å². The highest BCUT2D eigenvalue weighted by Crippen LogP contribution is 2.25. The van der Waals surface area contributed by atoms with Crippen LogP contribution in [0.4, 0.5) is 5.69 Å². The minimum absolute atomic E-state index is 0.0799. The number of amides is 1. The van der Waals surface area contributed by atoms with Gasteiger partial charge in [0, 0.05) is 18.2 Å². The number of sulfonamides is 1. The fourth-order valence-corrected chi connectivity index (χ4v) is 2.47. The maximum absolute atomic E-state index is 12.0. The van der Waals surface area contributed by atoms with E-state index in [1.165, 1.54) is 6.92 Å². The highest BCUT2D eigenvalue weighted by atomic mass is 32.2. The summed E-state index contributed by atoms with van der Waals surface area (Å²) in [5.41, 5.74) is -0.512. The Morgan fingerprint density at radius 2 is 1.95 bits per heavy atom. The molecule has 0 aromatic heterocycles. The second-order valence-electron chi connectivity index (χ2n) is 4.55. The molecule has 0 bridgehead atoms. The molecule has 0 aliphatic rings. The van der Waals surface area contributed by atoms with Crippen LogP contribution in [0.25, 0.3) is 0 Å². The van der Waals surface area contributed by atoms with Crippen molar-refractivity contribution in [1.29, 1.82) is 0 Å². The number of primary sulfonamides is 1. The van der Waals surface area contributed by atoms with Crippen LogP contribution in [0.2, 0.25) is 0 Å². The first-order valence-corrected chi connectivity index (χ1v) is 7.21. The van der Waals surface area contributed by atoms with E-state index in [2.05, 4.69) is 5.32 Å². The van der Waals surface area contributed by atoms with E-state index in [4.69, 9.17) is 5.14 Å². The first kappa shape index (κ1) is 16.1. The number of nitro benzene ring substituents is 1. The summed E-state index contributed by atoms with van der Waals surface area (Å²) in [6.07, 6.45) is 0. The number of nitro groups is 1. The van der Waals surface area contributed by atoms with Crippen LogP contribution >= 0.6 is 0 Å². The highest BCUT2D eigenvalue weighted by Gasteiger charge is 2.23. The minimum Gasteiger partial charge on any atom is -0.350 e. The molecule has 0 heterocycles. The number of non-ortho nitro benzene ring substituents is 1. The van der Waals surface area contributed by atoms with Crippen molar-refractivity contribution in [3.8, 4) is 0 Å². The lowest BCUT2D eigenvalue weighted by molar-refractivity contribution is -0.385. The molecule has 0 unspecified atom stereocenters. The maximum Gasteiger partial charge on any atom is 0.271 e. The highest BCUT2D eigenvalue weighted by molar-refractivity contribution is 7.89. The number of benzene rings is 1. The van der Waals surface area contributed by atoms with Gasteiger partial charge in [-0.3, -0.25) is 14.9 Å². The summed E-state index contributed by atoms with van der Waals surface area (Å²) < 4.78 is 22.9. The van der Waals surface area contributed by atoms with Gasteiger partial charge in [0.15, 0.2) is 0 Å². The van der Waals surface area contributed by atoms with E-state index in [1.807, 2.05) is 0 Å². The van der Waals surface area contributed by atoms with Crippen molar-refractivity contribution < 1.29 is 18.1 Å². The molecule has 0 atom stereocenters. The number of nitrogens with one attached hydrogen (secondary N) is 1. The topological polar surface area (TPSA) is 132 Å². The van der Waals surface area contributed by atoms with Crippen molar-refractivity contribution in [1.82, 2.24) is 5.32 Å². The quantitative estimate of drug-likeness (QED) is 0.623. The molecule has 1 amide bonds. The average molecular weight is 301 g/mol. The van der Waals surface area contributed by atoms with Crippen LogP contribution in [0.15, 0.2) is 17.0 Å². The Morgan fingerprint density at radius 1 is 1.40 bits per heavy atom. The van der Waals surface area contributed by atoms with Crippen molar-refractivity contribution in [3.05, 3.63) is 33.4 Å². The van der Waals surface area contributed by atoms with E-state index in [9.17, 15) is 23.3 Å². The molecule has 0 radical (unpaired) electrons. The Balaban J connectivity index is 3.56. The van der Waals surface area contributed by atoms with E-state index in [0.29, 0.717) is 0 Å². The normalized spacial score (nSPS) is 11.4. The van der Waals surface area contributed by atoms with E-state index in [-0.39, 0.29) is 17.2 Å². The van der Waals surface area contributed by atoms with Crippen molar-refractivity contribution in [2.45, 2.75) is 31.7 Å². The predicted octanol–water partition coefficient (Wildman–Crippen LogP) is 0.689. The minimum atomic E-state index is -4.16. The number of nitrogens with zero attached hydrogens (tertiary/aromatic N) is 1. The lowest BCUT2D eigenvalue weighted by Crippen LogP contribution is -2.31. The Labute approximate surface area is 116 Å². The van der Waals surface area contributed by atoms with E-state index in [0.717, 1.165) is 12.1 Å². The maximum atomic E-state index is 12.0. The van der Waals surface area contributed by atoms with Crippen LogP contribution in [-0.4, -0.2) is 25.3 Å². The Bertz CT molecular complexity index is 667. The molecule has 1 aromatic carbocycles. The standard InChI is InChI=1S/C11H15N3O5S/c1-6(2)13-11(15)9-4-8(14(16)17)5-10(7(9)3)20(12,18)19/h4-6H,1-3H3,(H,13,15)(H2,12,18,19). The summed E-state index contributed by atoms with van der Waals surface area (Å²) in [7, 11) is -4.16. The lowest BCUT2D eigenvalue weighted by atomic mass is 10.1. The van der Waals surface area contributed by atoms with Crippen LogP contribution in [0, 0.1) is 17.0 Å². The first-order chi connectivity index (χ1) is 9.04. The zero-order valence-corrected chi connectivity index (χ0v) is 12.0. The van der Waals surface area contributed by atoms with Gasteiger partial charge in [0.1, 0.15) is 0 Å². The molecule has 1 rings (SSSR count). The van der Waals surface area contributed by atoms with E-state index < -0.39 is 31.4 Å². The number of hydrogen-bond donors (Lipinski definition) is 2. The summed E-state index contributed by atoms with van der Waals surface area (Å²) >= 11 is 0. The van der Waals surface area contributed by atoms with Gasteiger partial charge < -0.3 is 5.32 Å². The molecule has 0 aliphatic carbocycles. The number of carbonyl (C=O) groups is 1. The second-order valence-corrected chi connectivity index (χ2v) is 6.08. The third-order valence-corrected chi connectivity index (χ3v) is 3.56. The van der Waals surface area contributed by atoms with Crippen LogP contribution in [0.5, 0.6) is 0 Å². The van der Waals surface area contributed by atoms with Gasteiger partial charge in [-0.05, 0) is 26.3 Å². The molecule has 0 saturated heterocycles. The molecule has 0 fully saturated rings. The summed E-state index contributed by atoms with van der Waals surface area (Å²) in [5.74, 6) is -0.592. The van der Waals surface area contributed by atoms with Gasteiger partial charge in [-0.2, -0.15) is 0 Å². The van der Waals surface area contributed by atoms with E-state index in [1.54, 1.807) is 13.8 Å². The average Bonchev–Trinajstić information content (AvgIpc) is 2.25. The third-order valence-electron chi connectivity index (χ3n) is 2.53. The molecule has 3 N–H and O–H groups in total.